The van der Waals surface area contributed by atoms with Crippen LogP contribution in [0.5, 0.6) is 0 Å². The van der Waals surface area contributed by atoms with E-state index in [4.69, 9.17) is 16.6 Å². The second-order valence-corrected chi connectivity index (χ2v) is 10.4. The zero-order chi connectivity index (χ0) is 29.8. The fourth-order valence-corrected chi connectivity index (χ4v) is 4.89. The molecule has 1 aliphatic rings. The molecule has 2 aromatic heterocycles. The van der Waals surface area contributed by atoms with Gasteiger partial charge in [-0.3, -0.25) is 14.9 Å². The maximum absolute atomic E-state index is 14.5. The lowest BCUT2D eigenvalue weighted by Gasteiger charge is -2.17. The van der Waals surface area contributed by atoms with Crippen LogP contribution < -0.4 is 16.0 Å². The number of fused-ring (bicyclic) bond motifs is 4. The third kappa shape index (κ3) is 6.41. The van der Waals surface area contributed by atoms with E-state index in [0.717, 1.165) is 11.1 Å². The average Bonchev–Trinajstić information content (AvgIpc) is 3.64. The molecule has 12 nitrogen and oxygen atoms in total. The van der Waals surface area contributed by atoms with E-state index in [1.165, 1.54) is 25.4 Å². The Balaban J connectivity index is 1.42. The molecule has 14 heteroatoms. The van der Waals surface area contributed by atoms with Gasteiger partial charge in [-0.25, -0.2) is 18.9 Å². The van der Waals surface area contributed by atoms with Gasteiger partial charge in [0.25, 0.3) is 5.91 Å². The molecule has 1 aliphatic heterocycles. The van der Waals surface area contributed by atoms with E-state index in [0.29, 0.717) is 47.7 Å². The van der Waals surface area contributed by atoms with Gasteiger partial charge >= 0.3 is 6.09 Å². The number of halogens is 2. The minimum atomic E-state index is -0.676. The molecule has 0 saturated heterocycles. The molecule has 42 heavy (non-hydrogen) atoms. The highest BCUT2D eigenvalue weighted by Gasteiger charge is 2.24. The number of methoxy groups -OCH3 is 1. The number of imidazole rings is 1. The van der Waals surface area contributed by atoms with Crippen LogP contribution in [0.2, 0.25) is 5.02 Å². The van der Waals surface area contributed by atoms with Crippen molar-refractivity contribution in [2.45, 2.75) is 38.6 Å². The molecule has 5 rings (SSSR count). The molecular weight excluding hydrogens is 567 g/mol. The van der Waals surface area contributed by atoms with Crippen LogP contribution in [0.15, 0.2) is 48.8 Å². The van der Waals surface area contributed by atoms with Gasteiger partial charge in [-0.05, 0) is 42.7 Å². The maximum Gasteiger partial charge on any atom is 0.411 e. The van der Waals surface area contributed by atoms with Crippen molar-refractivity contribution in [3.63, 3.8) is 0 Å². The van der Waals surface area contributed by atoms with Crippen LogP contribution in [-0.4, -0.2) is 50.0 Å². The van der Waals surface area contributed by atoms with E-state index in [2.05, 4.69) is 36.0 Å². The van der Waals surface area contributed by atoms with Crippen molar-refractivity contribution in [1.29, 1.82) is 0 Å². The summed E-state index contributed by atoms with van der Waals surface area (Å²) in [5, 5.41) is 16.2. The third-order valence-electron chi connectivity index (χ3n) is 6.86. The summed E-state index contributed by atoms with van der Waals surface area (Å²) in [7, 11) is 1.26. The van der Waals surface area contributed by atoms with E-state index in [9.17, 15) is 18.8 Å². The SMILES string of the molecule is COC(=O)Nc1ccc2c(c1)NC(=O)C[C@H](C)CCC[C@H](NC(=O)c1cn(-c3cccc(Cl)c3F)nn1)c1nc-2c[nH]1. The lowest BCUT2D eigenvalue weighted by molar-refractivity contribution is -0.117. The quantitative estimate of drug-likeness (QED) is 0.251. The average molecular weight is 595 g/mol. The first kappa shape index (κ1) is 28.7. The van der Waals surface area contributed by atoms with E-state index in [-0.39, 0.29) is 28.2 Å². The van der Waals surface area contributed by atoms with Crippen LogP contribution in [0.4, 0.5) is 20.6 Å². The standard InChI is InChI=1S/C28H28ClFN8O4/c1-15-5-3-7-19(35-27(40)22-14-38(37-36-22)23-8-4-6-18(29)25(23)30)26-31-13-21(34-26)17-10-9-16(32-28(41)42-2)12-20(17)33-24(39)11-15/h4,6,8-10,12-15,19H,3,5,7,11H2,1-2H3,(H,31,34)(H,32,41)(H,33,39)(H,35,40)/t15-,19+/m1/s1. The lowest BCUT2D eigenvalue weighted by atomic mass is 9.97. The number of nitrogens with one attached hydrogen (secondary N) is 4. The van der Waals surface area contributed by atoms with Crippen molar-refractivity contribution in [3.8, 4) is 16.9 Å². The Morgan fingerprint density at radius 3 is 2.86 bits per heavy atom. The summed E-state index contributed by atoms with van der Waals surface area (Å²) < 4.78 is 20.3. The van der Waals surface area contributed by atoms with Crippen molar-refractivity contribution >= 4 is 40.9 Å². The van der Waals surface area contributed by atoms with Crippen LogP contribution in [0, 0.1) is 11.7 Å². The molecule has 3 amide bonds. The highest BCUT2D eigenvalue weighted by molar-refractivity contribution is 6.30. The van der Waals surface area contributed by atoms with Gasteiger partial charge in [0.2, 0.25) is 5.91 Å². The Morgan fingerprint density at radius 2 is 2.05 bits per heavy atom. The molecule has 2 bridgehead atoms. The normalized spacial score (nSPS) is 17.1. The first-order chi connectivity index (χ1) is 20.2. The van der Waals surface area contributed by atoms with Crippen molar-refractivity contribution < 1.29 is 23.5 Å². The summed E-state index contributed by atoms with van der Waals surface area (Å²) in [5.74, 6) is -0.781. The van der Waals surface area contributed by atoms with Crippen molar-refractivity contribution in [1.82, 2.24) is 30.3 Å². The number of rotatable bonds is 4. The molecular formula is C28H28ClFN8O4. The number of aromatic amines is 1. The van der Waals surface area contributed by atoms with Crippen molar-refractivity contribution in [3.05, 3.63) is 71.2 Å². The van der Waals surface area contributed by atoms with E-state index < -0.39 is 23.9 Å². The lowest BCUT2D eigenvalue weighted by Crippen LogP contribution is -2.29. The highest BCUT2D eigenvalue weighted by atomic mass is 35.5. The molecule has 0 spiro atoms. The summed E-state index contributed by atoms with van der Waals surface area (Å²) in [6, 6.07) is 8.98. The van der Waals surface area contributed by atoms with E-state index in [1.807, 2.05) is 6.92 Å². The number of carbonyl (C=O) groups is 3. The van der Waals surface area contributed by atoms with Gasteiger partial charge in [0, 0.05) is 23.9 Å². The number of carbonyl (C=O) groups excluding carboxylic acids is 3. The summed E-state index contributed by atoms with van der Waals surface area (Å²) in [6.45, 7) is 1.99. The molecule has 4 N–H and O–H groups in total. The number of ether oxygens (including phenoxy) is 1. The Hall–Kier alpha value is -4.78. The zero-order valence-corrected chi connectivity index (χ0v) is 23.5. The fraction of sp³-hybridized carbons (Fsp3) is 0.286. The minimum Gasteiger partial charge on any atom is -0.453 e. The number of hydrogen-bond donors (Lipinski definition) is 4. The Bertz CT molecular complexity index is 1640. The van der Waals surface area contributed by atoms with Gasteiger partial charge in [-0.1, -0.05) is 42.6 Å². The Morgan fingerprint density at radius 1 is 1.21 bits per heavy atom. The monoisotopic (exact) mass is 594 g/mol. The fourth-order valence-electron chi connectivity index (χ4n) is 4.73. The van der Waals surface area contributed by atoms with Crippen LogP contribution >= 0.6 is 11.6 Å². The highest BCUT2D eigenvalue weighted by Crippen LogP contribution is 2.32. The molecule has 0 saturated carbocycles. The smallest absolute Gasteiger partial charge is 0.411 e. The van der Waals surface area contributed by atoms with Gasteiger partial charge in [-0.15, -0.1) is 5.10 Å². The van der Waals surface area contributed by atoms with Crippen LogP contribution in [-0.2, 0) is 9.53 Å². The van der Waals surface area contributed by atoms with Crippen LogP contribution in [0.3, 0.4) is 0 Å². The van der Waals surface area contributed by atoms with Crippen LogP contribution in [0.25, 0.3) is 16.9 Å². The number of amides is 3. The number of H-pyrrole nitrogens is 1. The van der Waals surface area contributed by atoms with Gasteiger partial charge in [0.05, 0.1) is 35.8 Å². The number of hydrogen-bond acceptors (Lipinski definition) is 7. The Labute approximate surface area is 245 Å². The molecule has 2 atom stereocenters. The summed E-state index contributed by atoms with van der Waals surface area (Å²) in [6.07, 6.45) is 4.63. The zero-order valence-electron chi connectivity index (χ0n) is 22.8. The summed E-state index contributed by atoms with van der Waals surface area (Å²) >= 11 is 5.88. The second-order valence-electron chi connectivity index (χ2n) is 9.98. The third-order valence-corrected chi connectivity index (χ3v) is 7.15. The van der Waals surface area contributed by atoms with Crippen molar-refractivity contribution in [2.75, 3.05) is 17.7 Å². The largest absolute Gasteiger partial charge is 0.453 e. The van der Waals surface area contributed by atoms with Gasteiger partial charge < -0.3 is 20.4 Å². The number of anilines is 2. The van der Waals surface area contributed by atoms with Crippen LogP contribution in [0.1, 0.15) is 55.0 Å². The molecule has 0 fully saturated rings. The number of aromatic nitrogens is 5. The van der Waals surface area contributed by atoms with Gasteiger partial charge in [-0.2, -0.15) is 0 Å². The molecule has 218 valence electrons. The summed E-state index contributed by atoms with van der Waals surface area (Å²) in [4.78, 5) is 45.7. The van der Waals surface area contributed by atoms with Gasteiger partial charge in [0.1, 0.15) is 11.5 Å². The molecule has 0 unspecified atom stereocenters. The summed E-state index contributed by atoms with van der Waals surface area (Å²) in [5.41, 5.74) is 2.09. The minimum absolute atomic E-state index is 0.0109. The molecule has 3 heterocycles. The first-order valence-electron chi connectivity index (χ1n) is 13.2. The van der Waals surface area contributed by atoms with Crippen molar-refractivity contribution in [2.24, 2.45) is 5.92 Å². The first-order valence-corrected chi connectivity index (χ1v) is 13.6. The predicted molar refractivity (Wildman–Crippen MR) is 153 cm³/mol. The molecule has 2 aromatic carbocycles. The number of nitrogens with zero attached hydrogens (tertiary/aromatic N) is 4. The second kappa shape index (κ2) is 12.4. The predicted octanol–water partition coefficient (Wildman–Crippen LogP) is 5.25. The van der Waals surface area contributed by atoms with E-state index >= 15 is 0 Å². The maximum atomic E-state index is 14.5. The number of benzene rings is 2. The molecule has 0 aliphatic carbocycles. The van der Waals surface area contributed by atoms with Gasteiger partial charge in [0.15, 0.2) is 11.5 Å². The Kier molecular flexibility index (Phi) is 8.48. The topological polar surface area (TPSA) is 156 Å². The molecule has 0 radical (unpaired) electrons. The van der Waals surface area contributed by atoms with E-state index in [1.54, 1.807) is 30.5 Å². The molecule has 4 aromatic rings.